The van der Waals surface area contributed by atoms with Crippen molar-refractivity contribution in [3.63, 3.8) is 0 Å². The van der Waals surface area contributed by atoms with Crippen molar-refractivity contribution >= 4 is 29.2 Å². The van der Waals surface area contributed by atoms with Crippen LogP contribution in [0, 0.1) is 0 Å². The first kappa shape index (κ1) is 18.9. The molecular weight excluding hydrogens is 398 g/mol. The second-order valence-electron chi connectivity index (χ2n) is 6.33. The standard InChI is InChI=1S/C20H16ClN3O5/c1-12(25)24-10-17(28-16-5-3-2-4-15(16)24)20(26)27-11-18-22-19(23-29-18)13-6-8-14(21)9-7-13/h2-9,17H,10-11H2,1H3/t17-/m1/s1. The van der Waals surface area contributed by atoms with Crippen LogP contribution in [0.5, 0.6) is 5.75 Å². The molecule has 0 bridgehead atoms. The molecule has 9 heteroatoms. The summed E-state index contributed by atoms with van der Waals surface area (Å²) in [5, 5.41) is 4.46. The van der Waals surface area contributed by atoms with Gasteiger partial charge in [0.05, 0.1) is 12.2 Å². The molecule has 0 N–H and O–H groups in total. The Morgan fingerprint density at radius 1 is 1.21 bits per heavy atom. The van der Waals surface area contributed by atoms with E-state index in [-0.39, 0.29) is 24.9 Å². The molecule has 0 radical (unpaired) electrons. The lowest BCUT2D eigenvalue weighted by atomic mass is 10.2. The van der Waals surface area contributed by atoms with E-state index in [4.69, 9.17) is 25.6 Å². The van der Waals surface area contributed by atoms with Gasteiger partial charge in [0.25, 0.3) is 5.89 Å². The van der Waals surface area contributed by atoms with E-state index >= 15 is 0 Å². The van der Waals surface area contributed by atoms with Crippen LogP contribution >= 0.6 is 11.6 Å². The molecule has 4 rings (SSSR count). The van der Waals surface area contributed by atoms with Crippen LogP contribution in [0.2, 0.25) is 5.02 Å². The normalized spacial score (nSPS) is 15.4. The maximum Gasteiger partial charge on any atom is 0.349 e. The Kier molecular flexibility index (Phi) is 5.18. The summed E-state index contributed by atoms with van der Waals surface area (Å²) in [6.45, 7) is 1.28. The highest BCUT2D eigenvalue weighted by molar-refractivity contribution is 6.30. The van der Waals surface area contributed by atoms with Crippen LogP contribution in [0.1, 0.15) is 12.8 Å². The highest BCUT2D eigenvalue weighted by Crippen LogP contribution is 2.33. The number of para-hydroxylation sites is 2. The van der Waals surface area contributed by atoms with Crippen molar-refractivity contribution in [2.24, 2.45) is 0 Å². The van der Waals surface area contributed by atoms with Crippen LogP contribution in [-0.4, -0.2) is 34.7 Å². The first-order valence-electron chi connectivity index (χ1n) is 8.80. The molecule has 1 atom stereocenters. The average molecular weight is 414 g/mol. The smallest absolute Gasteiger partial charge is 0.349 e. The summed E-state index contributed by atoms with van der Waals surface area (Å²) >= 11 is 5.87. The van der Waals surface area contributed by atoms with E-state index in [9.17, 15) is 9.59 Å². The van der Waals surface area contributed by atoms with E-state index in [1.165, 1.54) is 11.8 Å². The topological polar surface area (TPSA) is 94.8 Å². The Morgan fingerprint density at radius 2 is 1.97 bits per heavy atom. The van der Waals surface area contributed by atoms with Crippen molar-refractivity contribution in [2.45, 2.75) is 19.6 Å². The van der Waals surface area contributed by atoms with Crippen molar-refractivity contribution in [2.75, 3.05) is 11.4 Å². The van der Waals surface area contributed by atoms with Crippen LogP contribution < -0.4 is 9.64 Å². The summed E-state index contributed by atoms with van der Waals surface area (Å²) in [6, 6.07) is 14.0. The molecule has 3 aromatic rings. The molecule has 0 saturated heterocycles. The number of benzene rings is 2. The molecule has 1 aliphatic rings. The summed E-state index contributed by atoms with van der Waals surface area (Å²) in [7, 11) is 0. The number of rotatable bonds is 4. The predicted molar refractivity (Wildman–Crippen MR) is 103 cm³/mol. The quantitative estimate of drug-likeness (QED) is 0.606. The van der Waals surface area contributed by atoms with Crippen molar-refractivity contribution in [1.29, 1.82) is 0 Å². The van der Waals surface area contributed by atoms with Crippen LogP contribution in [-0.2, 0) is 20.9 Å². The molecule has 1 aliphatic heterocycles. The van der Waals surface area contributed by atoms with Crippen LogP contribution in [0.15, 0.2) is 53.1 Å². The van der Waals surface area contributed by atoms with Gasteiger partial charge in [-0.25, -0.2) is 4.79 Å². The van der Waals surface area contributed by atoms with Crippen LogP contribution in [0.4, 0.5) is 5.69 Å². The first-order valence-corrected chi connectivity index (χ1v) is 9.18. The average Bonchev–Trinajstić information content (AvgIpc) is 3.20. The third-order valence-electron chi connectivity index (χ3n) is 4.33. The summed E-state index contributed by atoms with van der Waals surface area (Å²) < 4.78 is 16.1. The van der Waals surface area contributed by atoms with Gasteiger partial charge in [0.1, 0.15) is 5.75 Å². The number of hydrogen-bond acceptors (Lipinski definition) is 7. The zero-order valence-corrected chi connectivity index (χ0v) is 16.1. The molecule has 1 aromatic heterocycles. The van der Waals surface area contributed by atoms with Gasteiger partial charge in [-0.15, -0.1) is 0 Å². The zero-order chi connectivity index (χ0) is 20.4. The Morgan fingerprint density at radius 3 is 2.72 bits per heavy atom. The zero-order valence-electron chi connectivity index (χ0n) is 15.4. The summed E-state index contributed by atoms with van der Waals surface area (Å²) in [6.07, 6.45) is -0.951. The molecule has 0 saturated carbocycles. The number of anilines is 1. The fourth-order valence-electron chi connectivity index (χ4n) is 2.91. The second kappa shape index (κ2) is 7.92. The minimum Gasteiger partial charge on any atom is -0.475 e. The number of fused-ring (bicyclic) bond motifs is 1. The van der Waals surface area contributed by atoms with Crippen molar-refractivity contribution in [3.8, 4) is 17.1 Å². The highest BCUT2D eigenvalue weighted by atomic mass is 35.5. The number of nitrogens with zero attached hydrogens (tertiary/aromatic N) is 3. The summed E-state index contributed by atoms with van der Waals surface area (Å²) in [4.78, 5) is 30.1. The van der Waals surface area contributed by atoms with Gasteiger partial charge in [0.2, 0.25) is 17.8 Å². The van der Waals surface area contributed by atoms with E-state index in [1.54, 1.807) is 48.5 Å². The molecule has 1 amide bonds. The molecule has 29 heavy (non-hydrogen) atoms. The van der Waals surface area contributed by atoms with Gasteiger partial charge in [0.15, 0.2) is 6.61 Å². The van der Waals surface area contributed by atoms with Crippen molar-refractivity contribution in [1.82, 2.24) is 10.1 Å². The Bertz CT molecular complexity index is 1050. The van der Waals surface area contributed by atoms with Gasteiger partial charge < -0.3 is 18.9 Å². The molecular formula is C20H16ClN3O5. The van der Waals surface area contributed by atoms with Crippen LogP contribution in [0.3, 0.4) is 0 Å². The largest absolute Gasteiger partial charge is 0.475 e. The molecule has 0 spiro atoms. The maximum atomic E-state index is 12.5. The molecule has 0 aliphatic carbocycles. The van der Waals surface area contributed by atoms with E-state index in [0.29, 0.717) is 22.3 Å². The molecule has 0 fully saturated rings. The van der Waals surface area contributed by atoms with Gasteiger partial charge in [0, 0.05) is 17.5 Å². The third-order valence-corrected chi connectivity index (χ3v) is 4.58. The van der Waals surface area contributed by atoms with Crippen LogP contribution in [0.25, 0.3) is 11.4 Å². The number of hydrogen-bond donors (Lipinski definition) is 0. The van der Waals surface area contributed by atoms with Gasteiger partial charge in [-0.2, -0.15) is 4.98 Å². The lowest BCUT2D eigenvalue weighted by Crippen LogP contribution is -2.47. The number of halogens is 1. The summed E-state index contributed by atoms with van der Waals surface area (Å²) in [5.74, 6) is 0.125. The minimum absolute atomic E-state index is 0.0606. The monoisotopic (exact) mass is 413 g/mol. The highest BCUT2D eigenvalue weighted by Gasteiger charge is 2.33. The van der Waals surface area contributed by atoms with Gasteiger partial charge >= 0.3 is 5.97 Å². The minimum atomic E-state index is -0.951. The van der Waals surface area contributed by atoms with Gasteiger partial charge in [-0.3, -0.25) is 4.79 Å². The lowest BCUT2D eigenvalue weighted by molar-refractivity contribution is -0.154. The Balaban J connectivity index is 1.41. The number of amides is 1. The fraction of sp³-hybridized carbons (Fsp3) is 0.200. The predicted octanol–water partition coefficient (Wildman–Crippen LogP) is 3.25. The number of ether oxygens (including phenoxy) is 2. The Labute approximate surface area is 171 Å². The number of carbonyl (C=O) groups excluding carboxylic acids is 2. The lowest BCUT2D eigenvalue weighted by Gasteiger charge is -2.32. The molecule has 148 valence electrons. The van der Waals surface area contributed by atoms with E-state index in [1.807, 2.05) is 0 Å². The second-order valence-corrected chi connectivity index (χ2v) is 6.77. The third kappa shape index (κ3) is 4.07. The van der Waals surface area contributed by atoms with Gasteiger partial charge in [-0.1, -0.05) is 28.9 Å². The number of esters is 1. The Hall–Kier alpha value is -3.39. The fourth-order valence-corrected chi connectivity index (χ4v) is 3.04. The molecule has 0 unspecified atom stereocenters. The maximum absolute atomic E-state index is 12.5. The molecule has 2 aromatic carbocycles. The number of carbonyl (C=O) groups is 2. The van der Waals surface area contributed by atoms with Gasteiger partial charge in [-0.05, 0) is 36.4 Å². The van der Waals surface area contributed by atoms with Crippen molar-refractivity contribution in [3.05, 3.63) is 59.4 Å². The van der Waals surface area contributed by atoms with E-state index in [2.05, 4.69) is 10.1 Å². The van der Waals surface area contributed by atoms with E-state index < -0.39 is 12.1 Å². The SMILES string of the molecule is CC(=O)N1C[C@H](C(=O)OCc2nc(-c3ccc(Cl)cc3)no2)Oc2ccccc21. The van der Waals surface area contributed by atoms with Crippen molar-refractivity contribution < 1.29 is 23.6 Å². The summed E-state index contributed by atoms with van der Waals surface area (Å²) in [5.41, 5.74) is 1.34. The molecule has 2 heterocycles. The molecule has 8 nitrogen and oxygen atoms in total. The van der Waals surface area contributed by atoms with E-state index in [0.717, 1.165) is 5.56 Å². The number of aromatic nitrogens is 2. The first-order chi connectivity index (χ1) is 14.0.